The summed E-state index contributed by atoms with van der Waals surface area (Å²) in [5.74, 6) is -0.860. The Bertz CT molecular complexity index is 1070. The Morgan fingerprint density at radius 2 is 2.00 bits per heavy atom. The molecule has 1 aliphatic carbocycles. The minimum absolute atomic E-state index is 0.0212. The van der Waals surface area contributed by atoms with Crippen molar-refractivity contribution < 1.29 is 32.0 Å². The number of para-hydroxylation sites is 1. The van der Waals surface area contributed by atoms with Gasteiger partial charge in [0.25, 0.3) is 0 Å². The Hall–Kier alpha value is -2.00. The third kappa shape index (κ3) is 3.90. The van der Waals surface area contributed by atoms with Crippen molar-refractivity contribution in [2.75, 3.05) is 0 Å². The molecule has 1 saturated carbocycles. The first kappa shape index (κ1) is 20.3. The largest absolute Gasteiger partial charge is 0.486 e. The van der Waals surface area contributed by atoms with Crippen molar-refractivity contribution in [3.63, 3.8) is 0 Å². The molecule has 3 atom stereocenters. The molecule has 1 aliphatic heterocycles. The second-order valence-electron chi connectivity index (χ2n) is 6.78. The van der Waals surface area contributed by atoms with Gasteiger partial charge in [0, 0.05) is 16.5 Å². The minimum atomic E-state index is -4.57. The average Bonchev–Trinajstić information content (AvgIpc) is 3.25. The first-order chi connectivity index (χ1) is 13.8. The molecular formula is C19H16Cl2O7S. The van der Waals surface area contributed by atoms with E-state index in [-0.39, 0.29) is 27.8 Å². The smallest absolute Gasteiger partial charge is 0.375 e. The van der Waals surface area contributed by atoms with Crippen LogP contribution in [0.15, 0.2) is 41.3 Å². The Balaban J connectivity index is 1.61. The summed E-state index contributed by atoms with van der Waals surface area (Å²) in [4.78, 5) is 11.2. The number of hydrogen-bond acceptors (Lipinski definition) is 6. The average molecular weight is 459 g/mol. The molecular weight excluding hydrogens is 443 g/mol. The number of benzene rings is 2. The predicted octanol–water partition coefficient (Wildman–Crippen LogP) is 4.22. The minimum Gasteiger partial charge on any atom is -0.486 e. The molecule has 4 rings (SSSR count). The van der Waals surface area contributed by atoms with Gasteiger partial charge in [0.2, 0.25) is 0 Å². The molecule has 2 aliphatic rings. The van der Waals surface area contributed by atoms with Crippen molar-refractivity contribution in [2.24, 2.45) is 0 Å². The van der Waals surface area contributed by atoms with Crippen molar-refractivity contribution in [1.29, 1.82) is 0 Å². The van der Waals surface area contributed by atoms with Crippen LogP contribution in [0.25, 0.3) is 0 Å². The van der Waals surface area contributed by atoms with Crippen LogP contribution in [-0.4, -0.2) is 31.9 Å². The highest BCUT2D eigenvalue weighted by atomic mass is 35.5. The van der Waals surface area contributed by atoms with Gasteiger partial charge in [0.15, 0.2) is 11.5 Å². The summed E-state index contributed by atoms with van der Waals surface area (Å²) >= 11 is 11.7. The van der Waals surface area contributed by atoms with Crippen LogP contribution >= 0.6 is 23.2 Å². The van der Waals surface area contributed by atoms with Gasteiger partial charge in [-0.05, 0) is 43.5 Å². The normalized spacial score (nSPS) is 21.2. The van der Waals surface area contributed by atoms with Crippen molar-refractivity contribution in [3.8, 4) is 11.5 Å². The number of hydrogen-bond donors (Lipinski definition) is 1. The second-order valence-corrected chi connectivity index (χ2v) is 9.17. The van der Waals surface area contributed by atoms with Gasteiger partial charge in [-0.15, -0.1) is 0 Å². The van der Waals surface area contributed by atoms with Gasteiger partial charge in [0.1, 0.15) is 11.0 Å². The number of fused-ring (bicyclic) bond motifs is 3. The van der Waals surface area contributed by atoms with Crippen LogP contribution in [-0.2, 0) is 19.1 Å². The molecule has 29 heavy (non-hydrogen) atoms. The van der Waals surface area contributed by atoms with Crippen LogP contribution in [0.3, 0.4) is 0 Å². The molecule has 0 bridgehead atoms. The summed E-state index contributed by atoms with van der Waals surface area (Å²) in [5, 5.41) is 9.41. The van der Waals surface area contributed by atoms with Crippen LogP contribution in [0.4, 0.5) is 0 Å². The highest BCUT2D eigenvalue weighted by molar-refractivity contribution is 7.87. The number of carbonyl (C=O) groups is 1. The molecule has 1 N–H and O–H groups in total. The van der Waals surface area contributed by atoms with Crippen LogP contribution in [0.2, 0.25) is 10.0 Å². The molecule has 2 aromatic carbocycles. The zero-order valence-corrected chi connectivity index (χ0v) is 17.2. The van der Waals surface area contributed by atoms with Crippen LogP contribution in [0.5, 0.6) is 11.5 Å². The third-order valence-electron chi connectivity index (χ3n) is 4.94. The molecule has 154 valence electrons. The Morgan fingerprint density at radius 3 is 2.76 bits per heavy atom. The van der Waals surface area contributed by atoms with Crippen molar-refractivity contribution in [3.05, 3.63) is 52.0 Å². The molecule has 3 unspecified atom stereocenters. The summed E-state index contributed by atoms with van der Waals surface area (Å²) in [7, 11) is -4.57. The number of halogens is 2. The molecule has 10 heteroatoms. The maximum Gasteiger partial charge on any atom is 0.375 e. The van der Waals surface area contributed by atoms with Crippen LogP contribution in [0, 0.1) is 0 Å². The van der Waals surface area contributed by atoms with E-state index in [1.54, 1.807) is 6.07 Å². The molecule has 0 radical (unpaired) electrons. The zero-order chi connectivity index (χ0) is 20.8. The Kier molecular flexibility index (Phi) is 5.37. The van der Waals surface area contributed by atoms with Crippen LogP contribution in [0.1, 0.15) is 30.7 Å². The molecule has 0 spiro atoms. The molecule has 1 fully saturated rings. The van der Waals surface area contributed by atoms with E-state index in [0.717, 1.165) is 30.9 Å². The predicted molar refractivity (Wildman–Crippen MR) is 104 cm³/mol. The van der Waals surface area contributed by atoms with Crippen LogP contribution < -0.4 is 9.47 Å². The van der Waals surface area contributed by atoms with E-state index in [1.807, 2.05) is 6.07 Å². The molecule has 1 heterocycles. The van der Waals surface area contributed by atoms with E-state index in [4.69, 9.17) is 36.9 Å². The maximum atomic E-state index is 12.6. The quantitative estimate of drug-likeness (QED) is 0.510. The summed E-state index contributed by atoms with van der Waals surface area (Å²) < 4.78 is 41.3. The second kappa shape index (κ2) is 7.68. The lowest BCUT2D eigenvalue weighted by molar-refractivity contribution is -0.158. The van der Waals surface area contributed by atoms with Crippen molar-refractivity contribution >= 4 is 39.3 Å². The fourth-order valence-electron chi connectivity index (χ4n) is 3.68. The SMILES string of the molecule is O=C(O)C(Oc1cccc2c1OC1CCCC21)OS(=O)(=O)c1cc(Cl)ccc1Cl. The molecule has 0 aromatic heterocycles. The fraction of sp³-hybridized carbons (Fsp3) is 0.316. The number of aliphatic carboxylic acids is 1. The van der Waals surface area contributed by atoms with E-state index < -0.39 is 27.3 Å². The monoisotopic (exact) mass is 458 g/mol. The Morgan fingerprint density at radius 1 is 1.21 bits per heavy atom. The van der Waals surface area contributed by atoms with Gasteiger partial charge in [0.05, 0.1) is 5.02 Å². The molecule has 7 nitrogen and oxygen atoms in total. The summed E-state index contributed by atoms with van der Waals surface area (Å²) in [6.45, 7) is 0. The molecule has 0 saturated heterocycles. The van der Waals surface area contributed by atoms with E-state index >= 15 is 0 Å². The number of carboxylic acids is 1. The summed E-state index contributed by atoms with van der Waals surface area (Å²) in [6.07, 6.45) is 0.818. The number of carboxylic acid groups (broad SMARTS) is 1. The fourth-order valence-corrected chi connectivity index (χ4v) is 5.35. The first-order valence-corrected chi connectivity index (χ1v) is 11.0. The highest BCUT2D eigenvalue weighted by Crippen LogP contribution is 2.50. The lowest BCUT2D eigenvalue weighted by Gasteiger charge is -2.18. The summed E-state index contributed by atoms with van der Waals surface area (Å²) in [5.41, 5.74) is 0.926. The first-order valence-electron chi connectivity index (χ1n) is 8.83. The van der Waals surface area contributed by atoms with E-state index in [2.05, 4.69) is 0 Å². The standard InChI is InChI=1S/C19H16Cl2O7S/c20-10-7-8-13(21)16(9-10)29(24,25)28-19(18(22)23)27-15-6-2-4-12-11-3-1-5-14(11)26-17(12)15/h2,4,6-9,11,14,19H,1,3,5H2,(H,22,23). The van der Waals surface area contributed by atoms with Gasteiger partial charge < -0.3 is 14.6 Å². The van der Waals surface area contributed by atoms with Crippen molar-refractivity contribution in [1.82, 2.24) is 0 Å². The lowest BCUT2D eigenvalue weighted by Crippen LogP contribution is -2.33. The van der Waals surface area contributed by atoms with Gasteiger partial charge in [-0.1, -0.05) is 35.3 Å². The van der Waals surface area contributed by atoms with Crippen molar-refractivity contribution in [2.45, 2.75) is 42.5 Å². The van der Waals surface area contributed by atoms with Gasteiger partial charge in [-0.25, -0.2) is 8.98 Å². The van der Waals surface area contributed by atoms with Gasteiger partial charge in [-0.3, -0.25) is 0 Å². The third-order valence-corrected chi connectivity index (χ3v) is 6.92. The highest BCUT2D eigenvalue weighted by Gasteiger charge is 2.40. The van der Waals surface area contributed by atoms with Gasteiger partial charge in [-0.2, -0.15) is 8.42 Å². The lowest BCUT2D eigenvalue weighted by atomic mass is 9.97. The maximum absolute atomic E-state index is 12.6. The van der Waals surface area contributed by atoms with Gasteiger partial charge >= 0.3 is 22.4 Å². The summed E-state index contributed by atoms with van der Waals surface area (Å²) in [6, 6.07) is 8.86. The zero-order valence-electron chi connectivity index (χ0n) is 14.9. The number of ether oxygens (including phenoxy) is 2. The van der Waals surface area contributed by atoms with E-state index in [9.17, 15) is 18.3 Å². The van der Waals surface area contributed by atoms with E-state index in [0.29, 0.717) is 5.75 Å². The Labute approximate surface area is 177 Å². The molecule has 2 aromatic rings. The van der Waals surface area contributed by atoms with E-state index in [1.165, 1.54) is 18.2 Å². The number of rotatable bonds is 6. The topological polar surface area (TPSA) is 99.1 Å². The molecule has 0 amide bonds.